The van der Waals surface area contributed by atoms with Crippen molar-refractivity contribution in [1.82, 2.24) is 10.3 Å². The molecule has 2 heterocycles. The third kappa shape index (κ3) is 3.32. The van der Waals surface area contributed by atoms with Gasteiger partial charge in [0.25, 0.3) is 5.91 Å². The molecule has 6 nitrogen and oxygen atoms in total. The van der Waals surface area contributed by atoms with Crippen molar-refractivity contribution in [3.05, 3.63) is 59.4 Å². The zero-order chi connectivity index (χ0) is 16.9. The first-order chi connectivity index (χ1) is 11.7. The van der Waals surface area contributed by atoms with Crippen LogP contribution in [0, 0.1) is 0 Å². The molecule has 1 aliphatic rings. The van der Waals surface area contributed by atoms with Crippen LogP contribution in [0.4, 0.5) is 5.69 Å². The maximum atomic E-state index is 12.3. The molecule has 24 heavy (non-hydrogen) atoms. The molecule has 0 radical (unpaired) electrons. The smallest absolute Gasteiger partial charge is 0.251 e. The van der Waals surface area contributed by atoms with Gasteiger partial charge >= 0.3 is 0 Å². The van der Waals surface area contributed by atoms with E-state index in [1.807, 2.05) is 6.07 Å². The van der Waals surface area contributed by atoms with Gasteiger partial charge in [-0.15, -0.1) is 0 Å². The zero-order valence-electron chi connectivity index (χ0n) is 13.1. The van der Waals surface area contributed by atoms with Crippen LogP contribution < -0.4 is 10.2 Å². The molecule has 0 fully saturated rings. The minimum Gasteiger partial charge on any atom is -0.352 e. The molecule has 1 aromatic heterocycles. The monoisotopic (exact) mass is 323 g/mol. The van der Waals surface area contributed by atoms with Crippen LogP contribution in [0.2, 0.25) is 0 Å². The Kier molecular flexibility index (Phi) is 4.65. The minimum atomic E-state index is -0.222. The Balaban J connectivity index is 1.56. The molecule has 1 aromatic carbocycles. The van der Waals surface area contributed by atoms with Crippen molar-refractivity contribution in [2.75, 3.05) is 18.0 Å². The van der Waals surface area contributed by atoms with Crippen molar-refractivity contribution in [1.29, 1.82) is 0 Å². The van der Waals surface area contributed by atoms with Crippen molar-refractivity contribution in [3.63, 3.8) is 0 Å². The summed E-state index contributed by atoms with van der Waals surface area (Å²) in [5.74, 6) is -0.252. The van der Waals surface area contributed by atoms with Gasteiger partial charge < -0.3 is 10.2 Å². The van der Waals surface area contributed by atoms with Crippen molar-refractivity contribution < 1.29 is 14.4 Å². The number of carbonyl (C=O) groups is 3. The quantitative estimate of drug-likeness (QED) is 0.647. The molecule has 0 unspecified atom stereocenters. The van der Waals surface area contributed by atoms with E-state index >= 15 is 0 Å². The molecule has 0 saturated heterocycles. The fourth-order valence-corrected chi connectivity index (χ4v) is 2.75. The topological polar surface area (TPSA) is 79.4 Å². The average molecular weight is 323 g/mol. The number of ketones is 1. The molecule has 6 heteroatoms. The molecular weight excluding hydrogens is 306 g/mol. The fraction of sp³-hybridized carbons (Fsp3) is 0.222. The highest BCUT2D eigenvalue weighted by Gasteiger charge is 2.19. The Hall–Kier alpha value is -3.02. The lowest BCUT2D eigenvalue weighted by atomic mass is 10.0. The van der Waals surface area contributed by atoms with Gasteiger partial charge in [0.15, 0.2) is 5.78 Å². The van der Waals surface area contributed by atoms with E-state index in [0.717, 1.165) is 24.1 Å². The predicted molar refractivity (Wildman–Crippen MR) is 89.1 cm³/mol. The predicted octanol–water partition coefficient (Wildman–Crippen LogP) is 1.60. The normalized spacial score (nSPS) is 12.6. The minimum absolute atomic E-state index is 0.0302. The Morgan fingerprint density at radius 3 is 2.71 bits per heavy atom. The first-order valence-corrected chi connectivity index (χ1v) is 7.75. The van der Waals surface area contributed by atoms with E-state index in [1.54, 1.807) is 41.6 Å². The second-order valence-corrected chi connectivity index (χ2v) is 5.56. The Morgan fingerprint density at radius 1 is 1.17 bits per heavy atom. The molecule has 1 aliphatic heterocycles. The van der Waals surface area contributed by atoms with E-state index in [0.29, 0.717) is 17.7 Å². The Labute approximate surface area is 139 Å². The van der Waals surface area contributed by atoms with Crippen LogP contribution >= 0.6 is 0 Å². The maximum absolute atomic E-state index is 12.3. The standard InChI is InChI=1S/C18H17N3O3/c22-12-21-10-6-14-11-15(1-2-16(14)21)17(23)5-9-20-18(24)13-3-7-19-8-4-13/h1-4,7-8,11-12H,5-6,9-10H2,(H,20,24). The van der Waals surface area contributed by atoms with Gasteiger partial charge in [0.1, 0.15) is 0 Å². The number of nitrogens with zero attached hydrogens (tertiary/aromatic N) is 2. The van der Waals surface area contributed by atoms with E-state index in [1.165, 1.54) is 0 Å². The number of fused-ring (bicyclic) bond motifs is 1. The number of nitrogens with one attached hydrogen (secondary N) is 1. The van der Waals surface area contributed by atoms with Crippen molar-refractivity contribution >= 4 is 23.8 Å². The van der Waals surface area contributed by atoms with Gasteiger partial charge in [-0.25, -0.2) is 0 Å². The molecule has 2 aromatic rings. The molecule has 0 spiro atoms. The van der Waals surface area contributed by atoms with E-state index in [9.17, 15) is 14.4 Å². The number of anilines is 1. The van der Waals surface area contributed by atoms with Crippen LogP contribution in [0.1, 0.15) is 32.7 Å². The number of hydrogen-bond acceptors (Lipinski definition) is 4. The summed E-state index contributed by atoms with van der Waals surface area (Å²) in [5.41, 5.74) is 3.00. The van der Waals surface area contributed by atoms with E-state index in [-0.39, 0.29) is 24.7 Å². The van der Waals surface area contributed by atoms with Gasteiger partial charge in [-0.2, -0.15) is 0 Å². The van der Waals surface area contributed by atoms with Crippen LogP contribution in [-0.4, -0.2) is 36.2 Å². The Bertz CT molecular complexity index is 774. The first kappa shape index (κ1) is 15.9. The molecule has 0 aliphatic carbocycles. The average Bonchev–Trinajstić information content (AvgIpc) is 3.04. The maximum Gasteiger partial charge on any atom is 0.251 e. The summed E-state index contributed by atoms with van der Waals surface area (Å²) in [7, 11) is 0. The first-order valence-electron chi connectivity index (χ1n) is 7.75. The lowest BCUT2D eigenvalue weighted by Crippen LogP contribution is -2.26. The molecule has 2 amide bonds. The number of amides is 2. The van der Waals surface area contributed by atoms with Crippen LogP contribution in [0.25, 0.3) is 0 Å². The van der Waals surface area contributed by atoms with Crippen LogP contribution in [0.15, 0.2) is 42.7 Å². The summed E-state index contributed by atoms with van der Waals surface area (Å²) in [6.45, 7) is 0.927. The molecular formula is C18H17N3O3. The molecule has 122 valence electrons. The third-order valence-electron chi connectivity index (χ3n) is 4.04. The van der Waals surface area contributed by atoms with E-state index in [4.69, 9.17) is 0 Å². The van der Waals surface area contributed by atoms with Gasteiger partial charge in [0.2, 0.25) is 6.41 Å². The summed E-state index contributed by atoms with van der Waals surface area (Å²) in [4.78, 5) is 40.6. The fourth-order valence-electron chi connectivity index (χ4n) is 2.75. The SMILES string of the molecule is O=CN1CCc2cc(C(=O)CCNC(=O)c3ccncc3)ccc21. The highest BCUT2D eigenvalue weighted by molar-refractivity contribution is 5.98. The number of aromatic nitrogens is 1. The summed E-state index contributed by atoms with van der Waals surface area (Å²) in [5, 5.41) is 2.73. The largest absolute Gasteiger partial charge is 0.352 e. The summed E-state index contributed by atoms with van der Waals surface area (Å²) >= 11 is 0. The van der Waals surface area contributed by atoms with Crippen LogP contribution in [0.3, 0.4) is 0 Å². The molecule has 3 rings (SSSR count). The number of hydrogen-bond donors (Lipinski definition) is 1. The highest BCUT2D eigenvalue weighted by Crippen LogP contribution is 2.27. The van der Waals surface area contributed by atoms with Gasteiger partial charge in [-0.1, -0.05) is 0 Å². The molecule has 0 saturated carbocycles. The van der Waals surface area contributed by atoms with Gasteiger partial charge in [0, 0.05) is 48.7 Å². The number of benzene rings is 1. The van der Waals surface area contributed by atoms with Gasteiger partial charge in [0.05, 0.1) is 0 Å². The second-order valence-electron chi connectivity index (χ2n) is 5.56. The summed E-state index contributed by atoms with van der Waals surface area (Å²) in [6.07, 6.45) is 4.89. The lowest BCUT2D eigenvalue weighted by molar-refractivity contribution is -0.107. The van der Waals surface area contributed by atoms with Gasteiger partial charge in [-0.3, -0.25) is 19.4 Å². The van der Waals surface area contributed by atoms with Crippen LogP contribution in [0.5, 0.6) is 0 Å². The van der Waals surface area contributed by atoms with E-state index < -0.39 is 0 Å². The molecule has 0 atom stereocenters. The third-order valence-corrected chi connectivity index (χ3v) is 4.04. The number of carbonyl (C=O) groups excluding carboxylic acids is 3. The van der Waals surface area contributed by atoms with Crippen molar-refractivity contribution in [2.24, 2.45) is 0 Å². The number of Topliss-reactive ketones (excluding diaryl/α,β-unsaturated/α-hetero) is 1. The number of rotatable bonds is 6. The lowest BCUT2D eigenvalue weighted by Gasteiger charge is -2.10. The second kappa shape index (κ2) is 7.04. The van der Waals surface area contributed by atoms with E-state index in [2.05, 4.69) is 10.3 Å². The molecule has 0 bridgehead atoms. The number of pyridine rings is 1. The summed E-state index contributed by atoms with van der Waals surface area (Å²) in [6, 6.07) is 8.62. The molecule has 1 N–H and O–H groups in total. The zero-order valence-corrected chi connectivity index (χ0v) is 13.1. The summed E-state index contributed by atoms with van der Waals surface area (Å²) < 4.78 is 0. The Morgan fingerprint density at radius 2 is 1.96 bits per heavy atom. The van der Waals surface area contributed by atoms with Gasteiger partial charge in [-0.05, 0) is 42.3 Å². The van der Waals surface area contributed by atoms with Crippen molar-refractivity contribution in [3.8, 4) is 0 Å². The highest BCUT2D eigenvalue weighted by atomic mass is 16.2. The van der Waals surface area contributed by atoms with Crippen LogP contribution in [-0.2, 0) is 11.2 Å². The van der Waals surface area contributed by atoms with Crippen molar-refractivity contribution in [2.45, 2.75) is 12.8 Å².